The summed E-state index contributed by atoms with van der Waals surface area (Å²) in [5, 5.41) is 2.58. The van der Waals surface area contributed by atoms with Gasteiger partial charge in [0, 0.05) is 13.1 Å². The minimum atomic E-state index is -4.47. The van der Waals surface area contributed by atoms with Crippen LogP contribution in [0.1, 0.15) is 25.8 Å². The molecule has 1 aliphatic rings. The van der Waals surface area contributed by atoms with Crippen molar-refractivity contribution in [1.82, 2.24) is 4.90 Å². The van der Waals surface area contributed by atoms with Gasteiger partial charge in [0.1, 0.15) is 0 Å². The van der Waals surface area contributed by atoms with E-state index in [1.54, 1.807) is 0 Å². The molecule has 2 rings (SSSR count). The minimum absolute atomic E-state index is 0.00963. The molecule has 0 bridgehead atoms. The van der Waals surface area contributed by atoms with Gasteiger partial charge in [-0.15, -0.1) is 0 Å². The molecule has 0 saturated carbocycles. The van der Waals surface area contributed by atoms with Crippen LogP contribution in [0.4, 0.5) is 18.9 Å². The van der Waals surface area contributed by atoms with Gasteiger partial charge in [-0.25, -0.2) is 0 Å². The Bertz CT molecular complexity index is 567. The lowest BCUT2D eigenvalue weighted by molar-refractivity contribution is -0.137. The van der Waals surface area contributed by atoms with Crippen LogP contribution in [0.5, 0.6) is 0 Å². The summed E-state index contributed by atoms with van der Waals surface area (Å²) in [5.74, 6) is 0.653. The Morgan fingerprint density at radius 1 is 1.30 bits per heavy atom. The average Bonchev–Trinajstić information content (AvgIpc) is 2.38. The highest BCUT2D eigenvalue weighted by atomic mass is 35.5. The molecule has 1 aromatic carbocycles. The molecular formula is C16H20ClF3N2O. The number of alkyl halides is 3. The number of benzene rings is 1. The molecule has 3 nitrogen and oxygen atoms in total. The smallest absolute Gasteiger partial charge is 0.324 e. The molecule has 7 heteroatoms. The van der Waals surface area contributed by atoms with Crippen molar-refractivity contribution < 1.29 is 18.0 Å². The van der Waals surface area contributed by atoms with Crippen molar-refractivity contribution in [2.45, 2.75) is 26.4 Å². The Morgan fingerprint density at radius 2 is 1.91 bits per heavy atom. The zero-order valence-corrected chi connectivity index (χ0v) is 13.8. The molecule has 128 valence electrons. The lowest BCUT2D eigenvalue weighted by Crippen LogP contribution is -2.42. The Labute approximate surface area is 138 Å². The summed E-state index contributed by atoms with van der Waals surface area (Å²) in [6, 6.07) is 2.90. The molecule has 1 saturated heterocycles. The van der Waals surface area contributed by atoms with Crippen LogP contribution in [0.15, 0.2) is 18.2 Å². The summed E-state index contributed by atoms with van der Waals surface area (Å²) in [6.07, 6.45) is -3.35. The number of hydrogen-bond donors (Lipinski definition) is 1. The summed E-state index contributed by atoms with van der Waals surface area (Å²) in [7, 11) is 0. The fraction of sp³-hybridized carbons (Fsp3) is 0.562. The normalized spacial score (nSPS) is 22.9. The maximum Gasteiger partial charge on any atom is 0.416 e. The number of anilines is 1. The second-order valence-electron chi connectivity index (χ2n) is 6.38. The average molecular weight is 349 g/mol. The molecule has 2 atom stereocenters. The highest BCUT2D eigenvalue weighted by molar-refractivity contribution is 6.33. The molecule has 23 heavy (non-hydrogen) atoms. The molecule has 1 fully saturated rings. The number of rotatable bonds is 3. The molecule has 0 aromatic heterocycles. The van der Waals surface area contributed by atoms with Crippen molar-refractivity contribution in [2.24, 2.45) is 11.8 Å². The molecule has 1 heterocycles. The number of likely N-dealkylation sites (tertiary alicyclic amines) is 1. The number of carbonyl (C=O) groups is 1. The number of halogens is 4. The fourth-order valence-electron chi connectivity index (χ4n) is 3.11. The van der Waals surface area contributed by atoms with Gasteiger partial charge in [-0.3, -0.25) is 9.69 Å². The van der Waals surface area contributed by atoms with Crippen molar-refractivity contribution in [3.8, 4) is 0 Å². The van der Waals surface area contributed by atoms with E-state index in [4.69, 9.17) is 11.6 Å². The lowest BCUT2D eigenvalue weighted by Gasteiger charge is -2.34. The quantitative estimate of drug-likeness (QED) is 0.884. The third-order valence-electron chi connectivity index (χ3n) is 3.88. The van der Waals surface area contributed by atoms with Gasteiger partial charge in [0.05, 0.1) is 22.8 Å². The third kappa shape index (κ3) is 5.11. The van der Waals surface area contributed by atoms with Crippen molar-refractivity contribution in [3.05, 3.63) is 28.8 Å². The van der Waals surface area contributed by atoms with Gasteiger partial charge in [-0.1, -0.05) is 25.4 Å². The highest BCUT2D eigenvalue weighted by Crippen LogP contribution is 2.33. The molecule has 0 spiro atoms. The van der Waals surface area contributed by atoms with Crippen LogP contribution in [0.2, 0.25) is 5.02 Å². The van der Waals surface area contributed by atoms with Crippen LogP contribution in [0.3, 0.4) is 0 Å². The molecule has 0 aliphatic carbocycles. The van der Waals surface area contributed by atoms with Gasteiger partial charge in [-0.2, -0.15) is 13.2 Å². The third-order valence-corrected chi connectivity index (χ3v) is 4.21. The molecule has 1 amide bonds. The van der Waals surface area contributed by atoms with E-state index in [1.165, 1.54) is 0 Å². The summed E-state index contributed by atoms with van der Waals surface area (Å²) in [4.78, 5) is 14.1. The monoisotopic (exact) mass is 348 g/mol. The second-order valence-corrected chi connectivity index (χ2v) is 6.79. The van der Waals surface area contributed by atoms with Crippen LogP contribution in [-0.2, 0) is 11.0 Å². The predicted octanol–water partition coefficient (Wildman–Crippen LogP) is 4.28. The van der Waals surface area contributed by atoms with E-state index in [9.17, 15) is 18.0 Å². The summed E-state index contributed by atoms with van der Waals surface area (Å²) >= 11 is 5.88. The molecule has 0 radical (unpaired) electrons. The van der Waals surface area contributed by atoms with Gasteiger partial charge < -0.3 is 5.32 Å². The van der Waals surface area contributed by atoms with Crippen LogP contribution in [0.25, 0.3) is 0 Å². The number of amides is 1. The van der Waals surface area contributed by atoms with E-state index in [0.717, 1.165) is 37.7 Å². The second kappa shape index (κ2) is 7.09. The Hall–Kier alpha value is -1.27. The van der Waals surface area contributed by atoms with E-state index in [2.05, 4.69) is 19.2 Å². The van der Waals surface area contributed by atoms with Crippen molar-refractivity contribution in [3.63, 3.8) is 0 Å². The van der Waals surface area contributed by atoms with E-state index in [1.807, 2.05) is 4.90 Å². The first-order valence-corrected chi connectivity index (χ1v) is 7.92. The number of hydrogen-bond acceptors (Lipinski definition) is 2. The fourth-order valence-corrected chi connectivity index (χ4v) is 3.28. The highest BCUT2D eigenvalue weighted by Gasteiger charge is 2.31. The van der Waals surface area contributed by atoms with E-state index in [-0.39, 0.29) is 23.2 Å². The molecule has 1 aliphatic heterocycles. The first-order chi connectivity index (χ1) is 10.6. The van der Waals surface area contributed by atoms with Crippen LogP contribution >= 0.6 is 11.6 Å². The van der Waals surface area contributed by atoms with Crippen molar-refractivity contribution in [1.29, 1.82) is 0 Å². The van der Waals surface area contributed by atoms with Crippen LogP contribution in [0, 0.1) is 11.8 Å². The summed E-state index contributed by atoms with van der Waals surface area (Å²) in [6.45, 7) is 6.04. The topological polar surface area (TPSA) is 32.3 Å². The molecule has 1 N–H and O–H groups in total. The molecular weight excluding hydrogens is 329 g/mol. The maximum atomic E-state index is 12.7. The first kappa shape index (κ1) is 18.1. The number of nitrogens with zero attached hydrogens (tertiary/aromatic N) is 1. The SMILES string of the molecule is C[C@@H]1C[C@@H](C)CN(CC(=O)Nc2cc(C(F)(F)F)ccc2Cl)C1. The van der Waals surface area contributed by atoms with Crippen molar-refractivity contribution >= 4 is 23.2 Å². The maximum absolute atomic E-state index is 12.7. The summed E-state index contributed by atoms with van der Waals surface area (Å²) < 4.78 is 38.2. The zero-order chi connectivity index (χ0) is 17.2. The largest absolute Gasteiger partial charge is 0.416 e. The van der Waals surface area contributed by atoms with Gasteiger partial charge in [0.15, 0.2) is 0 Å². The Balaban J connectivity index is 2.02. The van der Waals surface area contributed by atoms with E-state index >= 15 is 0 Å². The number of carbonyl (C=O) groups excluding carboxylic acids is 1. The van der Waals surface area contributed by atoms with Crippen LogP contribution < -0.4 is 5.32 Å². The van der Waals surface area contributed by atoms with Crippen molar-refractivity contribution in [2.75, 3.05) is 25.0 Å². The molecule has 1 aromatic rings. The van der Waals surface area contributed by atoms with E-state index < -0.39 is 11.7 Å². The molecule has 0 unspecified atom stereocenters. The minimum Gasteiger partial charge on any atom is -0.324 e. The van der Waals surface area contributed by atoms with Gasteiger partial charge >= 0.3 is 6.18 Å². The Morgan fingerprint density at radius 3 is 2.48 bits per heavy atom. The van der Waals surface area contributed by atoms with Gasteiger partial charge in [0.2, 0.25) is 5.91 Å². The number of nitrogens with one attached hydrogen (secondary N) is 1. The standard InChI is InChI=1S/C16H20ClF3N2O/c1-10-5-11(2)8-22(7-10)9-15(23)21-14-6-12(16(18,19)20)3-4-13(14)17/h3-4,6,10-11H,5,7-9H2,1-2H3,(H,21,23)/t10-,11-/m1/s1. The van der Waals surface area contributed by atoms with Gasteiger partial charge in [0.25, 0.3) is 0 Å². The first-order valence-electron chi connectivity index (χ1n) is 7.54. The zero-order valence-electron chi connectivity index (χ0n) is 13.1. The predicted molar refractivity (Wildman–Crippen MR) is 84.5 cm³/mol. The van der Waals surface area contributed by atoms with Gasteiger partial charge in [-0.05, 0) is 36.5 Å². The summed E-state index contributed by atoms with van der Waals surface area (Å²) in [5.41, 5.74) is -0.845. The lowest BCUT2D eigenvalue weighted by atomic mass is 9.92. The number of piperidine rings is 1. The Kier molecular flexibility index (Phi) is 5.57. The van der Waals surface area contributed by atoms with E-state index in [0.29, 0.717) is 11.8 Å². The van der Waals surface area contributed by atoms with Crippen LogP contribution in [-0.4, -0.2) is 30.4 Å².